The molecule has 0 saturated carbocycles. The molecule has 1 aliphatic rings. The van der Waals surface area contributed by atoms with Crippen molar-refractivity contribution in [2.24, 2.45) is 0 Å². The van der Waals surface area contributed by atoms with Gasteiger partial charge < -0.3 is 14.5 Å². The Labute approximate surface area is 211 Å². The average molecular weight is 517 g/mol. The number of piperazine rings is 1. The van der Waals surface area contributed by atoms with Crippen LogP contribution in [0.1, 0.15) is 37.0 Å². The predicted octanol–water partition coefficient (Wildman–Crippen LogP) is 4.08. The number of para-hydroxylation sites is 1. The van der Waals surface area contributed by atoms with Crippen molar-refractivity contribution in [3.8, 4) is 5.75 Å². The van der Waals surface area contributed by atoms with E-state index in [1.54, 1.807) is 42.7 Å². The number of carbonyl (C=O) groups is 1. The van der Waals surface area contributed by atoms with Gasteiger partial charge in [0.15, 0.2) is 5.13 Å². The first-order chi connectivity index (χ1) is 16.9. The van der Waals surface area contributed by atoms with Gasteiger partial charge in [0.1, 0.15) is 11.3 Å². The molecule has 0 N–H and O–H groups in total. The number of aromatic nitrogens is 1. The van der Waals surface area contributed by atoms with Crippen LogP contribution in [-0.2, 0) is 10.0 Å². The van der Waals surface area contributed by atoms with Gasteiger partial charge in [0.05, 0.1) is 16.7 Å². The summed E-state index contributed by atoms with van der Waals surface area (Å²) < 4.78 is 33.9. The molecular weight excluding hydrogens is 484 g/mol. The monoisotopic (exact) mass is 516 g/mol. The zero-order chi connectivity index (χ0) is 25.0. The molecule has 0 atom stereocenters. The number of sulfonamides is 1. The Balaban J connectivity index is 1.40. The molecule has 3 aromatic rings. The molecule has 10 heteroatoms. The van der Waals surface area contributed by atoms with E-state index in [9.17, 15) is 13.2 Å². The number of fused-ring (bicyclic) bond motifs is 1. The minimum atomic E-state index is -3.56. The second-order valence-corrected chi connectivity index (χ2v) is 11.4. The van der Waals surface area contributed by atoms with Gasteiger partial charge in [-0.15, -0.1) is 0 Å². The van der Waals surface area contributed by atoms with Crippen molar-refractivity contribution in [1.82, 2.24) is 14.2 Å². The molecule has 1 saturated heterocycles. The van der Waals surface area contributed by atoms with Gasteiger partial charge in [-0.25, -0.2) is 13.4 Å². The Bertz CT molecular complexity index is 1270. The van der Waals surface area contributed by atoms with Crippen molar-refractivity contribution in [3.05, 3.63) is 48.0 Å². The lowest BCUT2D eigenvalue weighted by Gasteiger charge is -2.34. The van der Waals surface area contributed by atoms with Gasteiger partial charge in [0, 0.05) is 44.8 Å². The number of benzene rings is 2. The first kappa shape index (κ1) is 25.4. The maximum atomic E-state index is 13.1. The van der Waals surface area contributed by atoms with Gasteiger partial charge in [-0.1, -0.05) is 37.7 Å². The highest BCUT2D eigenvalue weighted by molar-refractivity contribution is 7.89. The number of anilines is 1. The van der Waals surface area contributed by atoms with Gasteiger partial charge in [-0.2, -0.15) is 4.31 Å². The summed E-state index contributed by atoms with van der Waals surface area (Å²) in [4.78, 5) is 22.1. The Kier molecular flexibility index (Phi) is 7.93. The Hall–Kier alpha value is -2.69. The van der Waals surface area contributed by atoms with Crippen LogP contribution in [0.4, 0.5) is 5.13 Å². The molecule has 188 valence electrons. The summed E-state index contributed by atoms with van der Waals surface area (Å²) in [5, 5.41) is 0.926. The lowest BCUT2D eigenvalue weighted by molar-refractivity contribution is 0.0746. The minimum Gasteiger partial charge on any atom is -0.494 e. The van der Waals surface area contributed by atoms with Crippen LogP contribution in [0.3, 0.4) is 0 Å². The van der Waals surface area contributed by atoms with Crippen molar-refractivity contribution in [3.63, 3.8) is 0 Å². The fraction of sp³-hybridized carbons (Fsp3) is 0.440. The van der Waals surface area contributed by atoms with Crippen LogP contribution in [-0.4, -0.2) is 74.9 Å². The largest absolute Gasteiger partial charge is 0.494 e. The molecule has 2 heterocycles. The summed E-state index contributed by atoms with van der Waals surface area (Å²) in [6.07, 6.45) is 1.75. The zero-order valence-corrected chi connectivity index (χ0v) is 22.1. The molecule has 1 aliphatic heterocycles. The Morgan fingerprint density at radius 3 is 2.43 bits per heavy atom. The fourth-order valence-electron chi connectivity index (χ4n) is 4.20. The van der Waals surface area contributed by atoms with Gasteiger partial charge in [0.25, 0.3) is 5.91 Å². The second kappa shape index (κ2) is 10.9. The van der Waals surface area contributed by atoms with E-state index < -0.39 is 10.0 Å². The number of rotatable bonds is 9. The topological polar surface area (TPSA) is 83.1 Å². The second-order valence-electron chi connectivity index (χ2n) is 8.46. The highest BCUT2D eigenvalue weighted by atomic mass is 32.2. The smallest absolute Gasteiger partial charge is 0.253 e. The molecule has 2 aromatic carbocycles. The molecule has 0 aliphatic carbocycles. The third kappa shape index (κ3) is 5.29. The van der Waals surface area contributed by atoms with Crippen LogP contribution in [0, 0.1) is 0 Å². The number of unbranched alkanes of at least 4 members (excludes halogenated alkanes) is 1. The van der Waals surface area contributed by atoms with E-state index >= 15 is 0 Å². The quantitative estimate of drug-likeness (QED) is 0.426. The molecule has 0 unspecified atom stereocenters. The van der Waals surface area contributed by atoms with Crippen molar-refractivity contribution >= 4 is 42.6 Å². The van der Waals surface area contributed by atoms with Gasteiger partial charge >= 0.3 is 0 Å². The third-order valence-electron chi connectivity index (χ3n) is 6.28. The van der Waals surface area contributed by atoms with E-state index in [0.29, 0.717) is 44.8 Å². The maximum absolute atomic E-state index is 13.1. The number of hydrogen-bond acceptors (Lipinski definition) is 7. The molecule has 0 spiro atoms. The SMILES string of the molecule is CCCCN(CC)S(=O)(=O)c1ccc(C(=O)N2CCN(c3nc4c(OC)cccc4s3)CC2)cc1. The number of methoxy groups -OCH3 is 1. The van der Waals surface area contributed by atoms with Crippen LogP contribution in [0.25, 0.3) is 10.2 Å². The van der Waals surface area contributed by atoms with Gasteiger partial charge in [0.2, 0.25) is 10.0 Å². The average Bonchev–Trinajstić information content (AvgIpc) is 3.33. The molecule has 1 amide bonds. The van der Waals surface area contributed by atoms with E-state index in [-0.39, 0.29) is 10.8 Å². The summed E-state index contributed by atoms with van der Waals surface area (Å²) in [7, 11) is -1.91. The molecular formula is C25H32N4O4S2. The molecule has 35 heavy (non-hydrogen) atoms. The highest BCUT2D eigenvalue weighted by Gasteiger charge is 2.26. The molecule has 8 nitrogen and oxygen atoms in total. The van der Waals surface area contributed by atoms with Gasteiger partial charge in [-0.3, -0.25) is 4.79 Å². The van der Waals surface area contributed by atoms with Crippen LogP contribution in [0.15, 0.2) is 47.4 Å². The number of thiazole rings is 1. The normalized spacial score (nSPS) is 14.6. The van der Waals surface area contributed by atoms with Crippen molar-refractivity contribution < 1.29 is 17.9 Å². The van der Waals surface area contributed by atoms with Crippen LogP contribution in [0.5, 0.6) is 5.75 Å². The van der Waals surface area contributed by atoms with Gasteiger partial charge in [-0.05, 0) is 42.8 Å². The summed E-state index contributed by atoms with van der Waals surface area (Å²) in [5.74, 6) is 0.676. The summed E-state index contributed by atoms with van der Waals surface area (Å²) in [6, 6.07) is 12.2. The molecule has 0 radical (unpaired) electrons. The molecule has 1 aromatic heterocycles. The van der Waals surface area contributed by atoms with E-state index in [0.717, 1.165) is 33.9 Å². The standard InChI is InChI=1S/C25H32N4O4S2/c1-4-6-14-29(5-2)35(31,32)20-12-10-19(11-13-20)24(30)27-15-17-28(18-16-27)25-26-23-21(33-3)8-7-9-22(23)34-25/h7-13H,4-6,14-18H2,1-3H3. The molecule has 1 fully saturated rings. The number of ether oxygens (including phenoxy) is 1. The van der Waals surface area contributed by atoms with Crippen LogP contribution in [0.2, 0.25) is 0 Å². The van der Waals surface area contributed by atoms with E-state index in [4.69, 9.17) is 9.72 Å². The first-order valence-corrected chi connectivity index (χ1v) is 14.2. The lowest BCUT2D eigenvalue weighted by Crippen LogP contribution is -2.48. The summed E-state index contributed by atoms with van der Waals surface area (Å²) in [6.45, 7) is 7.33. The van der Waals surface area contributed by atoms with E-state index in [2.05, 4.69) is 4.90 Å². The first-order valence-electron chi connectivity index (χ1n) is 12.0. The minimum absolute atomic E-state index is 0.0853. The van der Waals surface area contributed by atoms with Crippen molar-refractivity contribution in [1.29, 1.82) is 0 Å². The van der Waals surface area contributed by atoms with Crippen molar-refractivity contribution in [2.45, 2.75) is 31.6 Å². The number of nitrogens with zero attached hydrogens (tertiary/aromatic N) is 4. The third-order valence-corrected chi connectivity index (χ3v) is 9.35. The Morgan fingerprint density at radius 1 is 1.09 bits per heavy atom. The summed E-state index contributed by atoms with van der Waals surface area (Å²) >= 11 is 1.62. The predicted molar refractivity (Wildman–Crippen MR) is 140 cm³/mol. The fourth-order valence-corrected chi connectivity index (χ4v) is 6.72. The van der Waals surface area contributed by atoms with E-state index in [1.165, 1.54) is 4.31 Å². The number of amides is 1. The van der Waals surface area contributed by atoms with Crippen molar-refractivity contribution in [2.75, 3.05) is 51.3 Å². The number of hydrogen-bond donors (Lipinski definition) is 0. The highest BCUT2D eigenvalue weighted by Crippen LogP contribution is 2.34. The number of carbonyl (C=O) groups excluding carboxylic acids is 1. The molecule has 0 bridgehead atoms. The van der Waals surface area contributed by atoms with Crippen LogP contribution >= 0.6 is 11.3 Å². The van der Waals surface area contributed by atoms with E-state index in [1.807, 2.05) is 36.9 Å². The molecule has 4 rings (SSSR count). The summed E-state index contributed by atoms with van der Waals surface area (Å²) in [5.41, 5.74) is 1.36. The maximum Gasteiger partial charge on any atom is 0.253 e. The lowest BCUT2D eigenvalue weighted by atomic mass is 10.2. The Morgan fingerprint density at radius 2 is 1.80 bits per heavy atom. The van der Waals surface area contributed by atoms with Crippen LogP contribution < -0.4 is 9.64 Å². The zero-order valence-electron chi connectivity index (χ0n) is 20.4.